The van der Waals surface area contributed by atoms with Gasteiger partial charge in [-0.3, -0.25) is 0 Å². The second kappa shape index (κ2) is 7.50. The topological polar surface area (TPSA) is 40.5 Å². The fourth-order valence-electron chi connectivity index (χ4n) is 2.03. The van der Waals surface area contributed by atoms with Crippen LogP contribution < -0.4 is 5.32 Å². The van der Waals surface area contributed by atoms with Crippen molar-refractivity contribution in [3.05, 3.63) is 47.4 Å². The number of alkyl halides is 3. The molecule has 1 aromatic heterocycles. The lowest BCUT2D eigenvalue weighted by Crippen LogP contribution is -2.14. The number of nitrogens with one attached hydrogen (secondary N) is 1. The van der Waals surface area contributed by atoms with Gasteiger partial charge in [-0.15, -0.1) is 0 Å². The summed E-state index contributed by atoms with van der Waals surface area (Å²) in [6.07, 6.45) is -1.79. The van der Waals surface area contributed by atoms with E-state index in [4.69, 9.17) is 0 Å². The van der Waals surface area contributed by atoms with Gasteiger partial charge < -0.3 is 10.2 Å². The minimum absolute atomic E-state index is 0.176. The summed E-state index contributed by atoms with van der Waals surface area (Å²) in [5.41, 5.74) is 0.0955. The van der Waals surface area contributed by atoms with Gasteiger partial charge in [0.1, 0.15) is 11.6 Å². The lowest BCUT2D eigenvalue weighted by Gasteiger charge is -2.16. The van der Waals surface area contributed by atoms with E-state index in [0.29, 0.717) is 17.8 Å². The third kappa shape index (κ3) is 4.68. The molecule has 1 N–H and O–H groups in total. The van der Waals surface area contributed by atoms with Crippen LogP contribution in [0.5, 0.6) is 0 Å². The molecular formula is C17H18F4N4. The Hall–Kier alpha value is -2.64. The molecule has 25 heavy (non-hydrogen) atoms. The van der Waals surface area contributed by atoms with Crippen molar-refractivity contribution in [3.8, 4) is 0 Å². The summed E-state index contributed by atoms with van der Waals surface area (Å²) in [6.45, 7) is 4.29. The van der Waals surface area contributed by atoms with Gasteiger partial charge >= 0.3 is 6.18 Å². The number of rotatable bonds is 5. The lowest BCUT2D eigenvalue weighted by molar-refractivity contribution is -0.137. The minimum Gasteiger partial charge on any atom is -0.366 e. The lowest BCUT2D eigenvalue weighted by atomic mass is 10.1. The predicted octanol–water partition coefficient (Wildman–Crippen LogP) is 4.90. The number of benzene rings is 1. The van der Waals surface area contributed by atoms with Crippen LogP contribution in [0.4, 0.5) is 34.8 Å². The molecule has 0 unspecified atom stereocenters. The highest BCUT2D eigenvalue weighted by Gasteiger charge is 2.34. The number of nitrogens with zero attached hydrogens (tertiary/aromatic N) is 3. The molecule has 0 aliphatic heterocycles. The summed E-state index contributed by atoms with van der Waals surface area (Å²) >= 11 is 0. The van der Waals surface area contributed by atoms with Gasteiger partial charge in [-0.05, 0) is 43.7 Å². The van der Waals surface area contributed by atoms with E-state index >= 15 is 0 Å². The largest absolute Gasteiger partial charge is 0.419 e. The minimum atomic E-state index is -4.57. The van der Waals surface area contributed by atoms with Gasteiger partial charge in [0.15, 0.2) is 0 Å². The second-order valence-electron chi connectivity index (χ2n) is 5.44. The molecule has 0 amide bonds. The molecule has 0 spiro atoms. The first-order chi connectivity index (χ1) is 11.7. The third-order valence-corrected chi connectivity index (χ3v) is 3.60. The predicted molar refractivity (Wildman–Crippen MR) is 90.1 cm³/mol. The first-order valence-electron chi connectivity index (χ1n) is 7.56. The van der Waals surface area contributed by atoms with Crippen molar-refractivity contribution < 1.29 is 17.6 Å². The number of hydrogen-bond acceptors (Lipinski definition) is 3. The zero-order chi connectivity index (χ0) is 18.6. The molecule has 0 aliphatic rings. The van der Waals surface area contributed by atoms with Gasteiger partial charge in [0, 0.05) is 25.5 Å². The number of hydrogen-bond donors (Lipinski definition) is 1. The third-order valence-electron chi connectivity index (χ3n) is 3.60. The zero-order valence-electron chi connectivity index (χ0n) is 14.0. The fourth-order valence-corrected chi connectivity index (χ4v) is 2.03. The maximum atomic E-state index is 13.9. The molecule has 2 rings (SSSR count). The van der Waals surface area contributed by atoms with Crippen molar-refractivity contribution in [2.24, 2.45) is 4.99 Å². The Morgan fingerprint density at radius 3 is 2.68 bits per heavy atom. The van der Waals surface area contributed by atoms with Crippen LogP contribution in [0.15, 0.2) is 35.5 Å². The molecule has 0 bridgehead atoms. The Morgan fingerprint density at radius 1 is 1.32 bits per heavy atom. The smallest absolute Gasteiger partial charge is 0.366 e. The van der Waals surface area contributed by atoms with E-state index in [1.54, 1.807) is 18.9 Å². The normalized spacial score (nSPS) is 11.8. The Bertz CT molecular complexity index is 772. The number of aromatic nitrogens is 1. The van der Waals surface area contributed by atoms with Crippen LogP contribution in [0.25, 0.3) is 0 Å². The van der Waals surface area contributed by atoms with Crippen molar-refractivity contribution in [2.45, 2.75) is 20.0 Å². The van der Waals surface area contributed by atoms with Crippen molar-refractivity contribution in [2.75, 3.05) is 18.9 Å². The van der Waals surface area contributed by atoms with E-state index in [-0.39, 0.29) is 11.5 Å². The number of aliphatic imine (C=N–C) groups is 1. The van der Waals surface area contributed by atoms with Gasteiger partial charge in [0.2, 0.25) is 0 Å². The van der Waals surface area contributed by atoms with Crippen molar-refractivity contribution in [1.29, 1.82) is 0 Å². The Labute approximate surface area is 143 Å². The summed E-state index contributed by atoms with van der Waals surface area (Å²) in [5.74, 6) is -0.992. The molecule has 0 saturated heterocycles. The zero-order valence-corrected chi connectivity index (χ0v) is 14.0. The van der Waals surface area contributed by atoms with Crippen LogP contribution in [-0.2, 0) is 6.18 Å². The molecule has 0 aliphatic carbocycles. The molecule has 2 aromatic rings. The Morgan fingerprint density at radius 2 is 2.04 bits per heavy atom. The maximum Gasteiger partial charge on any atom is 0.419 e. The van der Waals surface area contributed by atoms with Crippen molar-refractivity contribution >= 4 is 23.5 Å². The van der Waals surface area contributed by atoms with E-state index in [0.717, 1.165) is 12.1 Å². The molecule has 134 valence electrons. The van der Waals surface area contributed by atoms with Crippen LogP contribution in [-0.4, -0.2) is 29.8 Å². The fraction of sp³-hybridized carbons (Fsp3) is 0.294. The number of halogens is 4. The average molecular weight is 354 g/mol. The van der Waals surface area contributed by atoms with Gasteiger partial charge in [-0.2, -0.15) is 13.2 Å². The van der Waals surface area contributed by atoms with Crippen LogP contribution in [0.3, 0.4) is 0 Å². The summed E-state index contributed by atoms with van der Waals surface area (Å²) in [5, 5.41) is 2.57. The van der Waals surface area contributed by atoms with Crippen molar-refractivity contribution in [3.63, 3.8) is 0 Å². The second-order valence-corrected chi connectivity index (χ2v) is 5.44. The maximum absolute atomic E-state index is 13.9. The Balaban J connectivity index is 2.42. The molecule has 1 heterocycles. The SMILES string of the molecule is CCN(C)C=Nc1cc(F)cc(Nc2ncccc2C(F)(F)F)c1C. The highest BCUT2D eigenvalue weighted by Crippen LogP contribution is 2.36. The van der Waals surface area contributed by atoms with Crippen molar-refractivity contribution in [1.82, 2.24) is 9.88 Å². The van der Waals surface area contributed by atoms with E-state index in [2.05, 4.69) is 15.3 Å². The van der Waals surface area contributed by atoms with E-state index in [9.17, 15) is 17.6 Å². The molecule has 8 heteroatoms. The molecular weight excluding hydrogens is 336 g/mol. The van der Waals surface area contributed by atoms with Crippen LogP contribution >= 0.6 is 0 Å². The first kappa shape index (κ1) is 18.7. The van der Waals surface area contributed by atoms with E-state index < -0.39 is 17.6 Å². The van der Waals surface area contributed by atoms with Gasteiger partial charge in [-0.25, -0.2) is 14.4 Å². The van der Waals surface area contributed by atoms with E-state index in [1.807, 2.05) is 6.92 Å². The summed E-state index contributed by atoms with van der Waals surface area (Å²) in [4.78, 5) is 9.71. The van der Waals surface area contributed by atoms with Gasteiger partial charge in [0.05, 0.1) is 17.6 Å². The van der Waals surface area contributed by atoms with Gasteiger partial charge in [0.25, 0.3) is 0 Å². The summed E-state index contributed by atoms with van der Waals surface area (Å²) in [7, 11) is 1.81. The van der Waals surface area contributed by atoms with Crippen LogP contribution in [0, 0.1) is 12.7 Å². The molecule has 4 nitrogen and oxygen atoms in total. The standard InChI is InChI=1S/C17H18F4N4/c1-4-25(3)10-23-14-8-12(18)9-15(11(14)2)24-16-13(17(19,20)21)6-5-7-22-16/h5-10H,4H2,1-3H3,(H,22,24). The van der Waals surface area contributed by atoms with E-state index in [1.165, 1.54) is 24.7 Å². The molecule has 0 radical (unpaired) electrons. The molecule has 0 fully saturated rings. The van der Waals surface area contributed by atoms with Crippen LogP contribution in [0.1, 0.15) is 18.1 Å². The number of pyridine rings is 1. The first-order valence-corrected chi connectivity index (χ1v) is 7.56. The average Bonchev–Trinajstić information content (AvgIpc) is 2.55. The Kier molecular flexibility index (Phi) is 5.61. The molecule has 0 saturated carbocycles. The quantitative estimate of drug-likeness (QED) is 0.471. The molecule has 0 atom stereocenters. The highest BCUT2D eigenvalue weighted by atomic mass is 19.4. The monoisotopic (exact) mass is 354 g/mol. The number of anilines is 2. The highest BCUT2D eigenvalue weighted by molar-refractivity contribution is 5.72. The summed E-state index contributed by atoms with van der Waals surface area (Å²) < 4.78 is 53.1. The van der Waals surface area contributed by atoms with Crippen LogP contribution in [0.2, 0.25) is 0 Å². The summed E-state index contributed by atoms with van der Waals surface area (Å²) in [6, 6.07) is 4.46. The molecule has 1 aromatic carbocycles. The van der Waals surface area contributed by atoms with Gasteiger partial charge in [-0.1, -0.05) is 0 Å².